The van der Waals surface area contributed by atoms with Gasteiger partial charge >= 0.3 is 0 Å². The van der Waals surface area contributed by atoms with Crippen LogP contribution in [0.5, 0.6) is 0 Å². The third kappa shape index (κ3) is 2.06. The van der Waals surface area contributed by atoms with E-state index in [1.807, 2.05) is 6.08 Å². The molecule has 0 radical (unpaired) electrons. The molecule has 0 aliphatic carbocycles. The van der Waals surface area contributed by atoms with Crippen LogP contribution >= 0.6 is 0 Å². The molecule has 3 aromatic rings. The highest BCUT2D eigenvalue weighted by Gasteiger charge is 2.18. The number of H-pyrrole nitrogens is 1. The lowest BCUT2D eigenvalue weighted by Gasteiger charge is -2.00. The second-order valence-corrected chi connectivity index (χ2v) is 4.76. The second-order valence-electron chi connectivity index (χ2n) is 4.76. The summed E-state index contributed by atoms with van der Waals surface area (Å²) in [7, 11) is 0. The quantitative estimate of drug-likeness (QED) is 0.540. The first-order valence-corrected chi connectivity index (χ1v) is 6.48. The van der Waals surface area contributed by atoms with Gasteiger partial charge in [-0.1, -0.05) is 42.5 Å². The van der Waals surface area contributed by atoms with Crippen LogP contribution in [0, 0.1) is 6.92 Å². The number of aryl methyl sites for hydroxylation is 1. The number of hydrogen-bond donors (Lipinski definition) is 1. The van der Waals surface area contributed by atoms with Crippen molar-refractivity contribution < 1.29 is 4.57 Å². The van der Waals surface area contributed by atoms with E-state index in [-0.39, 0.29) is 0 Å². The van der Waals surface area contributed by atoms with E-state index in [4.69, 9.17) is 0 Å². The van der Waals surface area contributed by atoms with E-state index in [0.29, 0.717) is 0 Å². The van der Waals surface area contributed by atoms with Crippen molar-refractivity contribution in [2.75, 3.05) is 0 Å². The van der Waals surface area contributed by atoms with Gasteiger partial charge in [0.1, 0.15) is 6.54 Å². The third-order valence-electron chi connectivity index (χ3n) is 3.32. The highest BCUT2D eigenvalue weighted by molar-refractivity contribution is 5.74. The Hall–Kier alpha value is -2.35. The molecule has 0 saturated carbocycles. The predicted octanol–water partition coefficient (Wildman–Crippen LogP) is 3.62. The molecule has 0 bridgehead atoms. The number of hydrogen-bond acceptors (Lipinski definition) is 0. The Morgan fingerprint density at radius 3 is 2.79 bits per heavy atom. The Labute approximate surface area is 113 Å². The minimum absolute atomic E-state index is 0.799. The van der Waals surface area contributed by atoms with E-state index in [1.54, 1.807) is 0 Å². The van der Waals surface area contributed by atoms with Crippen molar-refractivity contribution in [2.24, 2.45) is 0 Å². The standard InChI is InChI=1S/C17H16N2/c1-3-11-19-16-10-5-4-9-15(16)18-17(19)14-8-6-7-13(2)12-14/h3-10,12H,1,11H2,2H3/p+1. The summed E-state index contributed by atoms with van der Waals surface area (Å²) < 4.78 is 2.26. The number of aromatic nitrogens is 2. The molecular weight excluding hydrogens is 232 g/mol. The molecule has 1 N–H and O–H groups in total. The van der Waals surface area contributed by atoms with Crippen molar-refractivity contribution >= 4 is 11.0 Å². The predicted molar refractivity (Wildman–Crippen MR) is 78.9 cm³/mol. The van der Waals surface area contributed by atoms with Gasteiger partial charge in [-0.2, -0.15) is 0 Å². The van der Waals surface area contributed by atoms with Gasteiger partial charge in [-0.05, 0) is 31.2 Å². The largest absolute Gasteiger partial charge is 0.287 e. The average Bonchev–Trinajstić information content (AvgIpc) is 2.79. The van der Waals surface area contributed by atoms with Gasteiger partial charge in [0.2, 0.25) is 0 Å². The molecule has 0 aliphatic rings. The Morgan fingerprint density at radius 1 is 1.16 bits per heavy atom. The second kappa shape index (κ2) is 4.73. The van der Waals surface area contributed by atoms with Crippen LogP contribution < -0.4 is 4.57 Å². The smallest absolute Gasteiger partial charge is 0.236 e. The van der Waals surface area contributed by atoms with Crippen molar-refractivity contribution in [2.45, 2.75) is 13.5 Å². The summed E-state index contributed by atoms with van der Waals surface area (Å²) in [5.74, 6) is 1.13. The summed E-state index contributed by atoms with van der Waals surface area (Å²) in [6, 6.07) is 16.9. The molecule has 1 heterocycles. The van der Waals surface area contributed by atoms with Crippen molar-refractivity contribution in [1.29, 1.82) is 0 Å². The average molecular weight is 249 g/mol. The monoisotopic (exact) mass is 249 g/mol. The SMILES string of the molecule is C=CC[n+]1c(-c2cccc(C)c2)[nH]c2ccccc21. The van der Waals surface area contributed by atoms with E-state index in [9.17, 15) is 0 Å². The van der Waals surface area contributed by atoms with Crippen molar-refractivity contribution in [3.63, 3.8) is 0 Å². The van der Waals surface area contributed by atoms with Crippen LogP contribution in [0.3, 0.4) is 0 Å². The highest BCUT2D eigenvalue weighted by atomic mass is 15.1. The molecule has 3 rings (SSSR count). The number of fused-ring (bicyclic) bond motifs is 1. The van der Waals surface area contributed by atoms with Gasteiger partial charge in [0, 0.05) is 0 Å². The van der Waals surface area contributed by atoms with Crippen LogP contribution in [0.15, 0.2) is 61.2 Å². The molecule has 0 saturated heterocycles. The Bertz CT molecular complexity index is 738. The summed E-state index contributed by atoms with van der Waals surface area (Å²) in [5, 5.41) is 0. The Kier molecular flexibility index (Phi) is 2.92. The molecule has 2 nitrogen and oxygen atoms in total. The molecule has 1 aromatic heterocycles. The molecule has 2 heteroatoms. The van der Waals surface area contributed by atoms with Crippen LogP contribution in [0.4, 0.5) is 0 Å². The Balaban J connectivity index is 2.27. The minimum Gasteiger partial charge on any atom is -0.236 e. The van der Waals surface area contributed by atoms with Gasteiger partial charge in [0.15, 0.2) is 11.0 Å². The summed E-state index contributed by atoms with van der Waals surface area (Å²) in [4.78, 5) is 3.51. The van der Waals surface area contributed by atoms with E-state index >= 15 is 0 Å². The number of imidazole rings is 1. The number of allylic oxidation sites excluding steroid dienone is 1. The van der Waals surface area contributed by atoms with Gasteiger partial charge in [-0.25, -0.2) is 9.55 Å². The first kappa shape index (κ1) is 11.7. The van der Waals surface area contributed by atoms with E-state index in [0.717, 1.165) is 17.9 Å². The number of benzene rings is 2. The molecule has 0 spiro atoms. The summed E-state index contributed by atoms with van der Waals surface area (Å²) in [6.45, 7) is 6.77. The third-order valence-corrected chi connectivity index (χ3v) is 3.32. The first-order chi connectivity index (χ1) is 9.29. The molecule has 0 fully saturated rings. The molecule has 94 valence electrons. The van der Waals surface area contributed by atoms with Crippen LogP contribution in [0.2, 0.25) is 0 Å². The van der Waals surface area contributed by atoms with E-state index in [2.05, 4.69) is 71.6 Å². The maximum Gasteiger partial charge on any atom is 0.287 e. The van der Waals surface area contributed by atoms with Gasteiger partial charge in [0.25, 0.3) is 5.82 Å². The fraction of sp³-hybridized carbons (Fsp3) is 0.118. The van der Waals surface area contributed by atoms with Gasteiger partial charge in [-0.3, -0.25) is 0 Å². The molecule has 0 atom stereocenters. The fourth-order valence-electron chi connectivity index (χ4n) is 2.47. The zero-order valence-electron chi connectivity index (χ0n) is 11.1. The van der Waals surface area contributed by atoms with Crippen LogP contribution in [0.1, 0.15) is 5.56 Å². The normalized spacial score (nSPS) is 10.8. The van der Waals surface area contributed by atoms with Crippen molar-refractivity contribution in [3.05, 3.63) is 66.7 Å². The summed E-state index contributed by atoms with van der Waals surface area (Å²) >= 11 is 0. The number of nitrogens with zero attached hydrogens (tertiary/aromatic N) is 1. The van der Waals surface area contributed by atoms with Crippen LogP contribution in [-0.4, -0.2) is 4.98 Å². The summed E-state index contributed by atoms with van der Waals surface area (Å²) in [5.41, 5.74) is 4.83. The van der Waals surface area contributed by atoms with Gasteiger partial charge in [0.05, 0.1) is 5.56 Å². The Morgan fingerprint density at radius 2 is 2.00 bits per heavy atom. The van der Waals surface area contributed by atoms with Crippen LogP contribution in [0.25, 0.3) is 22.4 Å². The number of para-hydroxylation sites is 2. The maximum atomic E-state index is 3.86. The van der Waals surface area contributed by atoms with Gasteiger partial charge in [-0.15, -0.1) is 0 Å². The molecule has 0 aliphatic heterocycles. The lowest BCUT2D eigenvalue weighted by molar-refractivity contribution is -0.649. The molecule has 0 amide bonds. The molecule has 19 heavy (non-hydrogen) atoms. The molecular formula is C17H17N2+. The molecule has 2 aromatic carbocycles. The lowest BCUT2D eigenvalue weighted by Crippen LogP contribution is -2.33. The van der Waals surface area contributed by atoms with E-state index in [1.165, 1.54) is 16.6 Å². The zero-order valence-corrected chi connectivity index (χ0v) is 11.1. The maximum absolute atomic E-state index is 3.86. The minimum atomic E-state index is 0.799. The van der Waals surface area contributed by atoms with Gasteiger partial charge < -0.3 is 0 Å². The van der Waals surface area contributed by atoms with Crippen molar-refractivity contribution in [3.8, 4) is 11.4 Å². The van der Waals surface area contributed by atoms with Crippen molar-refractivity contribution in [1.82, 2.24) is 4.98 Å². The summed E-state index contributed by atoms with van der Waals surface area (Å²) in [6.07, 6.45) is 1.93. The fourth-order valence-corrected chi connectivity index (χ4v) is 2.47. The van der Waals surface area contributed by atoms with Crippen LogP contribution in [-0.2, 0) is 6.54 Å². The lowest BCUT2D eigenvalue weighted by atomic mass is 10.1. The highest BCUT2D eigenvalue weighted by Crippen LogP contribution is 2.19. The number of nitrogens with one attached hydrogen (secondary N) is 1. The number of aromatic amines is 1. The van der Waals surface area contributed by atoms with E-state index < -0.39 is 0 Å². The number of rotatable bonds is 3. The molecule has 0 unspecified atom stereocenters. The topological polar surface area (TPSA) is 19.7 Å². The first-order valence-electron chi connectivity index (χ1n) is 6.48. The zero-order chi connectivity index (χ0) is 13.2.